The van der Waals surface area contributed by atoms with Gasteiger partial charge in [-0.1, -0.05) is 44.9 Å². The average Bonchev–Trinajstić information content (AvgIpc) is 2.90. The molecule has 0 aromatic rings. The molecule has 0 aromatic heterocycles. The van der Waals surface area contributed by atoms with Crippen molar-refractivity contribution < 1.29 is 5.11 Å². The van der Waals surface area contributed by atoms with E-state index in [0.717, 1.165) is 24.8 Å². The molecule has 0 aliphatic heterocycles. The number of aliphatic hydroxyl groups is 1. The van der Waals surface area contributed by atoms with E-state index in [0.29, 0.717) is 6.04 Å². The van der Waals surface area contributed by atoms with Gasteiger partial charge < -0.3 is 10.4 Å². The molecule has 2 aliphatic rings. The third-order valence-electron chi connectivity index (χ3n) is 5.11. The van der Waals surface area contributed by atoms with Crippen molar-refractivity contribution in [3.63, 3.8) is 0 Å². The minimum atomic E-state index is -0.126. The normalized spacial score (nSPS) is 26.3. The van der Waals surface area contributed by atoms with E-state index >= 15 is 0 Å². The molecule has 0 bridgehead atoms. The third-order valence-corrected chi connectivity index (χ3v) is 5.11. The quantitative estimate of drug-likeness (QED) is 0.759. The van der Waals surface area contributed by atoms with Crippen LogP contribution in [0.15, 0.2) is 0 Å². The van der Waals surface area contributed by atoms with Gasteiger partial charge in [-0.25, -0.2) is 0 Å². The first-order valence-corrected chi connectivity index (χ1v) is 8.17. The van der Waals surface area contributed by atoms with Gasteiger partial charge in [0, 0.05) is 12.6 Å². The van der Waals surface area contributed by atoms with Crippen molar-refractivity contribution in [1.29, 1.82) is 0 Å². The summed E-state index contributed by atoms with van der Waals surface area (Å²) in [4.78, 5) is 0. The Hall–Kier alpha value is -0.0800. The van der Waals surface area contributed by atoms with Crippen LogP contribution in [0.25, 0.3) is 0 Å². The molecule has 0 aromatic carbocycles. The average molecular weight is 253 g/mol. The van der Waals surface area contributed by atoms with Crippen molar-refractivity contribution in [3.05, 3.63) is 0 Å². The highest BCUT2D eigenvalue weighted by Gasteiger charge is 2.22. The number of hydrogen-bond acceptors (Lipinski definition) is 2. The van der Waals surface area contributed by atoms with E-state index in [1.807, 2.05) is 0 Å². The van der Waals surface area contributed by atoms with E-state index in [4.69, 9.17) is 0 Å². The Kier molecular flexibility index (Phi) is 5.97. The monoisotopic (exact) mass is 253 g/mol. The molecule has 2 aliphatic carbocycles. The number of hydrogen-bond donors (Lipinski definition) is 2. The summed E-state index contributed by atoms with van der Waals surface area (Å²) in [7, 11) is 0. The number of aliphatic hydroxyl groups excluding tert-OH is 1. The summed E-state index contributed by atoms with van der Waals surface area (Å²) in [6, 6.07) is 0.587. The molecule has 2 heteroatoms. The fraction of sp³-hybridized carbons (Fsp3) is 1.00. The SMILES string of the molecule is C[C@H](NCC(O)CC1CCCC1)C1CCCCC1. The van der Waals surface area contributed by atoms with Crippen LogP contribution in [0.1, 0.15) is 71.1 Å². The minimum absolute atomic E-state index is 0.126. The van der Waals surface area contributed by atoms with Crippen molar-refractivity contribution in [1.82, 2.24) is 5.32 Å². The first-order valence-electron chi connectivity index (χ1n) is 8.17. The van der Waals surface area contributed by atoms with Gasteiger partial charge in [0.1, 0.15) is 0 Å². The van der Waals surface area contributed by atoms with E-state index in [2.05, 4.69) is 12.2 Å². The van der Waals surface area contributed by atoms with Crippen LogP contribution in [-0.2, 0) is 0 Å². The van der Waals surface area contributed by atoms with Crippen LogP contribution in [0, 0.1) is 11.8 Å². The maximum Gasteiger partial charge on any atom is 0.0667 e. The Morgan fingerprint density at radius 2 is 1.61 bits per heavy atom. The lowest BCUT2D eigenvalue weighted by atomic mass is 9.84. The third kappa shape index (κ3) is 4.55. The topological polar surface area (TPSA) is 32.3 Å². The highest BCUT2D eigenvalue weighted by molar-refractivity contribution is 4.78. The van der Waals surface area contributed by atoms with E-state index < -0.39 is 0 Å². The van der Waals surface area contributed by atoms with Gasteiger partial charge in [-0.2, -0.15) is 0 Å². The van der Waals surface area contributed by atoms with Crippen LogP contribution in [0.3, 0.4) is 0 Å². The minimum Gasteiger partial charge on any atom is -0.392 e. The molecular formula is C16H31NO. The van der Waals surface area contributed by atoms with Crippen LogP contribution >= 0.6 is 0 Å². The summed E-state index contributed by atoms with van der Waals surface area (Å²) >= 11 is 0. The van der Waals surface area contributed by atoms with Gasteiger partial charge in [-0.15, -0.1) is 0 Å². The van der Waals surface area contributed by atoms with Crippen molar-refractivity contribution in [2.75, 3.05) is 6.54 Å². The van der Waals surface area contributed by atoms with E-state index in [9.17, 15) is 5.11 Å². The van der Waals surface area contributed by atoms with Crippen molar-refractivity contribution >= 4 is 0 Å². The standard InChI is InChI=1S/C16H31NO/c1-13(15-9-3-2-4-10-15)17-12-16(18)11-14-7-5-6-8-14/h13-18H,2-12H2,1H3/t13-,16?/m0/s1. The molecule has 18 heavy (non-hydrogen) atoms. The molecule has 106 valence electrons. The molecule has 0 heterocycles. The predicted octanol–water partition coefficient (Wildman–Crippen LogP) is 3.49. The number of rotatable bonds is 6. The summed E-state index contributed by atoms with van der Waals surface area (Å²) in [5, 5.41) is 13.7. The van der Waals surface area contributed by atoms with Crippen LogP contribution < -0.4 is 5.32 Å². The molecular weight excluding hydrogens is 222 g/mol. The van der Waals surface area contributed by atoms with E-state index in [1.165, 1.54) is 57.8 Å². The van der Waals surface area contributed by atoms with Crippen LogP contribution in [0.2, 0.25) is 0 Å². The van der Waals surface area contributed by atoms with Gasteiger partial charge in [0.2, 0.25) is 0 Å². The van der Waals surface area contributed by atoms with Gasteiger partial charge >= 0.3 is 0 Å². The second-order valence-corrected chi connectivity index (χ2v) is 6.64. The molecule has 2 saturated carbocycles. The molecule has 1 unspecified atom stereocenters. The number of nitrogens with one attached hydrogen (secondary N) is 1. The molecule has 0 saturated heterocycles. The molecule has 2 N–H and O–H groups in total. The van der Waals surface area contributed by atoms with E-state index in [1.54, 1.807) is 0 Å². The smallest absolute Gasteiger partial charge is 0.0667 e. The largest absolute Gasteiger partial charge is 0.392 e. The Morgan fingerprint density at radius 3 is 2.28 bits per heavy atom. The van der Waals surface area contributed by atoms with Crippen molar-refractivity contribution in [3.8, 4) is 0 Å². The summed E-state index contributed by atoms with van der Waals surface area (Å²) in [6.07, 6.45) is 13.3. The highest BCUT2D eigenvalue weighted by Crippen LogP contribution is 2.29. The Labute approximate surface area is 113 Å². The lowest BCUT2D eigenvalue weighted by molar-refractivity contribution is 0.131. The summed E-state index contributed by atoms with van der Waals surface area (Å²) in [5.41, 5.74) is 0. The zero-order chi connectivity index (χ0) is 12.8. The highest BCUT2D eigenvalue weighted by atomic mass is 16.3. The van der Waals surface area contributed by atoms with Crippen molar-refractivity contribution in [2.45, 2.75) is 83.3 Å². The molecule has 0 amide bonds. The van der Waals surface area contributed by atoms with Crippen molar-refractivity contribution in [2.24, 2.45) is 11.8 Å². The van der Waals surface area contributed by atoms with Crippen LogP contribution in [0.4, 0.5) is 0 Å². The fourth-order valence-electron chi connectivity index (χ4n) is 3.84. The van der Waals surface area contributed by atoms with Gasteiger partial charge in [0.05, 0.1) is 6.10 Å². The first-order chi connectivity index (χ1) is 8.75. The van der Waals surface area contributed by atoms with Gasteiger partial charge in [0.15, 0.2) is 0 Å². The molecule has 2 atom stereocenters. The van der Waals surface area contributed by atoms with Crippen LogP contribution in [0.5, 0.6) is 0 Å². The second-order valence-electron chi connectivity index (χ2n) is 6.64. The van der Waals surface area contributed by atoms with E-state index in [-0.39, 0.29) is 6.10 Å². The summed E-state index contributed by atoms with van der Waals surface area (Å²) in [6.45, 7) is 3.10. The molecule has 2 nitrogen and oxygen atoms in total. The zero-order valence-corrected chi connectivity index (χ0v) is 12.0. The maximum absolute atomic E-state index is 10.1. The van der Waals surface area contributed by atoms with Gasteiger partial charge in [0.25, 0.3) is 0 Å². The molecule has 2 fully saturated rings. The summed E-state index contributed by atoms with van der Waals surface area (Å²) in [5.74, 6) is 1.64. The lowest BCUT2D eigenvalue weighted by Crippen LogP contribution is -2.39. The molecule has 2 rings (SSSR count). The maximum atomic E-state index is 10.1. The fourth-order valence-corrected chi connectivity index (χ4v) is 3.84. The Morgan fingerprint density at radius 1 is 1.00 bits per heavy atom. The van der Waals surface area contributed by atoms with Gasteiger partial charge in [-0.3, -0.25) is 0 Å². The Bertz CT molecular complexity index is 219. The Balaban J connectivity index is 1.60. The summed E-state index contributed by atoms with van der Waals surface area (Å²) < 4.78 is 0. The van der Waals surface area contributed by atoms with Gasteiger partial charge in [-0.05, 0) is 38.0 Å². The predicted molar refractivity (Wildman–Crippen MR) is 76.6 cm³/mol. The van der Waals surface area contributed by atoms with Crippen LogP contribution in [-0.4, -0.2) is 23.8 Å². The molecule has 0 spiro atoms. The molecule has 0 radical (unpaired) electrons. The zero-order valence-electron chi connectivity index (χ0n) is 12.0. The second kappa shape index (κ2) is 7.49. The first kappa shape index (κ1) is 14.3. The lowest BCUT2D eigenvalue weighted by Gasteiger charge is -2.29.